The van der Waals surface area contributed by atoms with E-state index < -0.39 is 34.3 Å². The van der Waals surface area contributed by atoms with Gasteiger partial charge < -0.3 is 10.1 Å². The highest BCUT2D eigenvalue weighted by Gasteiger charge is 2.18. The standard InChI is InChI=1S/C23H19FN2O6S/c1-15(27)20-7-2-3-8-21(20)25-22(28)14-32-23(29)16-5-4-6-19(13-16)33(30,31)26-18-11-9-17(24)10-12-18/h2-13,26H,14H2,1H3,(H,25,28). The normalized spacial score (nSPS) is 10.8. The third kappa shape index (κ3) is 6.23. The lowest BCUT2D eigenvalue weighted by atomic mass is 10.1. The van der Waals surface area contributed by atoms with Crippen LogP contribution in [0.3, 0.4) is 0 Å². The van der Waals surface area contributed by atoms with Crippen molar-refractivity contribution in [3.63, 3.8) is 0 Å². The van der Waals surface area contributed by atoms with Crippen molar-refractivity contribution in [1.82, 2.24) is 0 Å². The first-order valence-electron chi connectivity index (χ1n) is 9.61. The van der Waals surface area contributed by atoms with Gasteiger partial charge in [0.25, 0.3) is 15.9 Å². The van der Waals surface area contributed by atoms with Gasteiger partial charge in [-0.3, -0.25) is 14.3 Å². The van der Waals surface area contributed by atoms with Crippen molar-refractivity contribution in [2.75, 3.05) is 16.6 Å². The minimum absolute atomic E-state index is 0.0890. The number of hydrogen-bond donors (Lipinski definition) is 2. The van der Waals surface area contributed by atoms with E-state index in [1.807, 2.05) is 0 Å². The first kappa shape index (κ1) is 23.6. The van der Waals surface area contributed by atoms with Gasteiger partial charge in [0.15, 0.2) is 12.4 Å². The average Bonchev–Trinajstić information content (AvgIpc) is 2.79. The molecule has 0 aliphatic carbocycles. The van der Waals surface area contributed by atoms with E-state index in [-0.39, 0.29) is 27.6 Å². The third-order valence-corrected chi connectivity index (χ3v) is 5.77. The lowest BCUT2D eigenvalue weighted by molar-refractivity contribution is -0.119. The van der Waals surface area contributed by atoms with Gasteiger partial charge in [0.1, 0.15) is 5.82 Å². The van der Waals surface area contributed by atoms with Gasteiger partial charge in [0.05, 0.1) is 16.1 Å². The zero-order valence-corrected chi connectivity index (χ0v) is 18.2. The molecule has 170 valence electrons. The number of carbonyl (C=O) groups excluding carboxylic acids is 3. The molecule has 3 rings (SSSR count). The summed E-state index contributed by atoms with van der Waals surface area (Å²) in [6.07, 6.45) is 0. The molecular weight excluding hydrogens is 451 g/mol. The molecule has 0 atom stereocenters. The molecule has 3 aromatic rings. The first-order valence-corrected chi connectivity index (χ1v) is 11.1. The number of anilines is 2. The fourth-order valence-corrected chi connectivity index (χ4v) is 3.93. The molecule has 8 nitrogen and oxygen atoms in total. The van der Waals surface area contributed by atoms with Crippen LogP contribution in [0.4, 0.5) is 15.8 Å². The molecule has 0 bridgehead atoms. The molecule has 0 saturated heterocycles. The van der Waals surface area contributed by atoms with E-state index in [9.17, 15) is 27.2 Å². The minimum atomic E-state index is -4.06. The van der Waals surface area contributed by atoms with Crippen LogP contribution in [0.25, 0.3) is 0 Å². The summed E-state index contributed by atoms with van der Waals surface area (Å²) in [4.78, 5) is 35.9. The molecular formula is C23H19FN2O6S. The summed E-state index contributed by atoms with van der Waals surface area (Å²) in [5.41, 5.74) is 0.649. The monoisotopic (exact) mass is 470 g/mol. The van der Waals surface area contributed by atoms with Crippen molar-refractivity contribution in [3.05, 3.63) is 89.7 Å². The second-order valence-electron chi connectivity index (χ2n) is 6.87. The van der Waals surface area contributed by atoms with E-state index in [2.05, 4.69) is 10.0 Å². The van der Waals surface area contributed by atoms with Gasteiger partial charge in [0.2, 0.25) is 0 Å². The van der Waals surface area contributed by atoms with Crippen LogP contribution in [-0.2, 0) is 19.6 Å². The van der Waals surface area contributed by atoms with Gasteiger partial charge in [0, 0.05) is 11.3 Å². The van der Waals surface area contributed by atoms with E-state index >= 15 is 0 Å². The molecule has 0 aliphatic heterocycles. The maximum absolute atomic E-state index is 13.0. The molecule has 0 radical (unpaired) electrons. The molecule has 0 fully saturated rings. The molecule has 0 saturated carbocycles. The number of benzene rings is 3. The van der Waals surface area contributed by atoms with Crippen LogP contribution in [0.1, 0.15) is 27.6 Å². The van der Waals surface area contributed by atoms with Gasteiger partial charge in [-0.15, -0.1) is 0 Å². The smallest absolute Gasteiger partial charge is 0.338 e. The van der Waals surface area contributed by atoms with Gasteiger partial charge >= 0.3 is 5.97 Å². The van der Waals surface area contributed by atoms with E-state index in [0.717, 1.165) is 18.2 Å². The lowest BCUT2D eigenvalue weighted by Crippen LogP contribution is -2.22. The molecule has 0 heterocycles. The minimum Gasteiger partial charge on any atom is -0.452 e. The maximum Gasteiger partial charge on any atom is 0.338 e. The summed E-state index contributed by atoms with van der Waals surface area (Å²) >= 11 is 0. The fraction of sp³-hybridized carbons (Fsp3) is 0.0870. The highest BCUT2D eigenvalue weighted by Crippen LogP contribution is 2.18. The van der Waals surface area contributed by atoms with Crippen molar-refractivity contribution < 1.29 is 31.9 Å². The number of hydrogen-bond acceptors (Lipinski definition) is 6. The fourth-order valence-electron chi connectivity index (χ4n) is 2.82. The van der Waals surface area contributed by atoms with Crippen molar-refractivity contribution in [2.24, 2.45) is 0 Å². The maximum atomic E-state index is 13.0. The zero-order chi connectivity index (χ0) is 24.0. The number of Topliss-reactive ketones (excluding diaryl/α,β-unsaturated/α-hetero) is 1. The van der Waals surface area contributed by atoms with Crippen LogP contribution in [0, 0.1) is 5.82 Å². The number of nitrogens with one attached hydrogen (secondary N) is 2. The number of para-hydroxylation sites is 1. The van der Waals surface area contributed by atoms with Crippen LogP contribution < -0.4 is 10.0 Å². The zero-order valence-electron chi connectivity index (χ0n) is 17.4. The number of sulfonamides is 1. The highest BCUT2D eigenvalue weighted by molar-refractivity contribution is 7.92. The quantitative estimate of drug-likeness (QED) is 0.383. The molecule has 10 heteroatoms. The Labute approximate surface area is 189 Å². The molecule has 3 aromatic carbocycles. The first-order chi connectivity index (χ1) is 15.7. The van der Waals surface area contributed by atoms with Crippen molar-refractivity contribution in [2.45, 2.75) is 11.8 Å². The van der Waals surface area contributed by atoms with Gasteiger partial charge in [-0.2, -0.15) is 0 Å². The Kier molecular flexibility index (Phi) is 7.19. The number of halogens is 1. The van der Waals surface area contributed by atoms with Crippen LogP contribution in [-0.4, -0.2) is 32.7 Å². The summed E-state index contributed by atoms with van der Waals surface area (Å²) in [6.45, 7) is 0.715. The Morgan fingerprint density at radius 1 is 0.939 bits per heavy atom. The third-order valence-electron chi connectivity index (χ3n) is 4.39. The predicted molar refractivity (Wildman–Crippen MR) is 119 cm³/mol. The number of ether oxygens (including phenoxy) is 1. The number of esters is 1. The van der Waals surface area contributed by atoms with Crippen LogP contribution >= 0.6 is 0 Å². The summed E-state index contributed by atoms with van der Waals surface area (Å²) in [7, 11) is -4.06. The van der Waals surface area contributed by atoms with Crippen molar-refractivity contribution in [3.8, 4) is 0 Å². The van der Waals surface area contributed by atoms with E-state index in [4.69, 9.17) is 4.74 Å². The Morgan fingerprint density at radius 2 is 1.64 bits per heavy atom. The van der Waals surface area contributed by atoms with Crippen LogP contribution in [0.2, 0.25) is 0 Å². The summed E-state index contributed by atoms with van der Waals surface area (Å²) < 4.78 is 45.4. The van der Waals surface area contributed by atoms with Crippen LogP contribution in [0.15, 0.2) is 77.7 Å². The van der Waals surface area contributed by atoms with Gasteiger partial charge in [-0.25, -0.2) is 17.6 Å². The summed E-state index contributed by atoms with van der Waals surface area (Å²) in [6, 6.07) is 16.2. The molecule has 2 N–H and O–H groups in total. The molecule has 0 unspecified atom stereocenters. The second kappa shape index (κ2) is 10.0. The molecule has 0 aliphatic rings. The Hall–Kier alpha value is -4.05. The van der Waals surface area contributed by atoms with Gasteiger partial charge in [-0.05, 0) is 61.5 Å². The molecule has 0 spiro atoms. The number of ketones is 1. The van der Waals surface area contributed by atoms with Crippen molar-refractivity contribution in [1.29, 1.82) is 0 Å². The number of rotatable bonds is 8. The van der Waals surface area contributed by atoms with Crippen molar-refractivity contribution >= 4 is 39.1 Å². The largest absolute Gasteiger partial charge is 0.452 e. The van der Waals surface area contributed by atoms with Gasteiger partial charge in [-0.1, -0.05) is 18.2 Å². The molecule has 33 heavy (non-hydrogen) atoms. The number of carbonyl (C=O) groups is 3. The number of amides is 1. The van der Waals surface area contributed by atoms with Crippen LogP contribution in [0.5, 0.6) is 0 Å². The Morgan fingerprint density at radius 3 is 2.33 bits per heavy atom. The lowest BCUT2D eigenvalue weighted by Gasteiger charge is -2.11. The molecule has 1 amide bonds. The summed E-state index contributed by atoms with van der Waals surface area (Å²) in [5, 5.41) is 2.50. The van der Waals surface area contributed by atoms with E-state index in [1.165, 1.54) is 37.3 Å². The SMILES string of the molecule is CC(=O)c1ccccc1NC(=O)COC(=O)c1cccc(S(=O)(=O)Nc2ccc(F)cc2)c1. The highest BCUT2D eigenvalue weighted by atomic mass is 32.2. The Bertz CT molecular complexity index is 1310. The van der Waals surface area contributed by atoms with E-state index in [0.29, 0.717) is 5.56 Å². The van der Waals surface area contributed by atoms with E-state index in [1.54, 1.807) is 24.3 Å². The Balaban J connectivity index is 1.65. The topological polar surface area (TPSA) is 119 Å². The second-order valence-corrected chi connectivity index (χ2v) is 8.55. The summed E-state index contributed by atoms with van der Waals surface area (Å²) in [5.74, 6) is -2.34. The molecule has 0 aromatic heterocycles. The predicted octanol–water partition coefficient (Wildman–Crippen LogP) is 3.62. The average molecular weight is 470 g/mol.